The second-order valence-electron chi connectivity index (χ2n) is 2.49. The van der Waals surface area contributed by atoms with Gasteiger partial charge in [0.15, 0.2) is 0 Å². The minimum Gasteiger partial charge on any atom is -0.426 e. The summed E-state index contributed by atoms with van der Waals surface area (Å²) in [6.07, 6.45) is 3.08. The Morgan fingerprint density at radius 2 is 2.15 bits per heavy atom. The van der Waals surface area contributed by atoms with Gasteiger partial charge in [0.25, 0.3) is 0 Å². The summed E-state index contributed by atoms with van der Waals surface area (Å²) < 4.78 is 4.95. The highest BCUT2D eigenvalue weighted by Gasteiger charge is 2.01. The van der Waals surface area contributed by atoms with Crippen molar-refractivity contribution in [1.82, 2.24) is 0 Å². The SMILES string of the molecule is CC(=O)Oc1ccccc1C=CN. The minimum absolute atomic E-state index is 0.335. The van der Waals surface area contributed by atoms with Crippen molar-refractivity contribution in [2.45, 2.75) is 6.92 Å². The number of para-hydroxylation sites is 1. The summed E-state index contributed by atoms with van der Waals surface area (Å²) in [5, 5.41) is 0. The van der Waals surface area contributed by atoms with E-state index in [1.54, 1.807) is 18.2 Å². The average Bonchev–Trinajstić information content (AvgIpc) is 2.08. The zero-order valence-electron chi connectivity index (χ0n) is 7.36. The van der Waals surface area contributed by atoms with E-state index < -0.39 is 0 Å². The number of ether oxygens (including phenoxy) is 1. The molecule has 0 fully saturated rings. The van der Waals surface area contributed by atoms with Gasteiger partial charge >= 0.3 is 5.97 Å². The summed E-state index contributed by atoms with van der Waals surface area (Å²) in [6.45, 7) is 1.36. The van der Waals surface area contributed by atoms with Crippen molar-refractivity contribution in [2.24, 2.45) is 5.73 Å². The highest BCUT2D eigenvalue weighted by molar-refractivity contribution is 5.71. The van der Waals surface area contributed by atoms with Crippen molar-refractivity contribution in [2.75, 3.05) is 0 Å². The molecule has 1 aromatic carbocycles. The molecule has 0 saturated heterocycles. The predicted octanol–water partition coefficient (Wildman–Crippen LogP) is 1.54. The van der Waals surface area contributed by atoms with Gasteiger partial charge in [-0.3, -0.25) is 4.79 Å². The first-order valence-electron chi connectivity index (χ1n) is 3.90. The van der Waals surface area contributed by atoms with Crippen LogP contribution >= 0.6 is 0 Å². The van der Waals surface area contributed by atoms with Crippen molar-refractivity contribution in [3.8, 4) is 5.75 Å². The molecule has 3 heteroatoms. The summed E-state index contributed by atoms with van der Waals surface area (Å²) in [6, 6.07) is 7.19. The summed E-state index contributed by atoms with van der Waals surface area (Å²) in [5.41, 5.74) is 6.03. The Labute approximate surface area is 76.8 Å². The highest BCUT2D eigenvalue weighted by Crippen LogP contribution is 2.18. The van der Waals surface area contributed by atoms with Gasteiger partial charge in [-0.15, -0.1) is 0 Å². The fourth-order valence-electron chi connectivity index (χ4n) is 0.970. The summed E-state index contributed by atoms with van der Waals surface area (Å²) in [7, 11) is 0. The zero-order chi connectivity index (χ0) is 9.68. The third-order valence-electron chi connectivity index (χ3n) is 1.45. The Morgan fingerprint density at radius 1 is 1.46 bits per heavy atom. The standard InChI is InChI=1S/C10H11NO2/c1-8(12)13-10-5-3-2-4-9(10)6-7-11/h2-7H,11H2,1H3. The Balaban J connectivity index is 2.97. The molecule has 68 valence electrons. The Hall–Kier alpha value is -1.77. The van der Waals surface area contributed by atoms with E-state index in [0.29, 0.717) is 5.75 Å². The van der Waals surface area contributed by atoms with Gasteiger partial charge < -0.3 is 10.5 Å². The molecule has 0 bridgehead atoms. The number of carbonyl (C=O) groups is 1. The van der Waals surface area contributed by atoms with Crippen LogP contribution in [0.1, 0.15) is 12.5 Å². The van der Waals surface area contributed by atoms with E-state index in [1.165, 1.54) is 13.1 Å². The summed E-state index contributed by atoms with van der Waals surface area (Å²) >= 11 is 0. The number of nitrogens with two attached hydrogens (primary N) is 1. The Kier molecular flexibility index (Phi) is 3.09. The maximum atomic E-state index is 10.7. The lowest BCUT2D eigenvalue weighted by molar-refractivity contribution is -0.131. The topological polar surface area (TPSA) is 52.3 Å². The number of hydrogen-bond donors (Lipinski definition) is 1. The van der Waals surface area contributed by atoms with Crippen molar-refractivity contribution in [3.05, 3.63) is 36.0 Å². The van der Waals surface area contributed by atoms with Crippen molar-refractivity contribution < 1.29 is 9.53 Å². The first-order valence-corrected chi connectivity index (χ1v) is 3.90. The number of carbonyl (C=O) groups excluding carboxylic acids is 1. The predicted molar refractivity (Wildman–Crippen MR) is 51.0 cm³/mol. The van der Waals surface area contributed by atoms with E-state index in [0.717, 1.165) is 5.56 Å². The molecule has 0 aliphatic heterocycles. The molecule has 0 atom stereocenters. The zero-order valence-corrected chi connectivity index (χ0v) is 7.36. The third kappa shape index (κ3) is 2.63. The van der Waals surface area contributed by atoms with Crippen LogP contribution < -0.4 is 10.5 Å². The molecule has 0 aromatic heterocycles. The number of esters is 1. The third-order valence-corrected chi connectivity index (χ3v) is 1.45. The first-order chi connectivity index (χ1) is 6.24. The normalized spacial score (nSPS) is 10.2. The second-order valence-corrected chi connectivity index (χ2v) is 2.49. The lowest BCUT2D eigenvalue weighted by Gasteiger charge is -2.03. The van der Waals surface area contributed by atoms with Crippen LogP contribution in [0.4, 0.5) is 0 Å². The molecule has 0 saturated carbocycles. The lowest BCUT2D eigenvalue weighted by atomic mass is 10.2. The van der Waals surface area contributed by atoms with Crippen molar-refractivity contribution >= 4 is 12.0 Å². The van der Waals surface area contributed by atoms with Gasteiger partial charge in [-0.05, 0) is 18.3 Å². The molecule has 1 aromatic rings. The largest absolute Gasteiger partial charge is 0.426 e. The maximum Gasteiger partial charge on any atom is 0.308 e. The molecular weight excluding hydrogens is 166 g/mol. The van der Waals surface area contributed by atoms with Crippen LogP contribution in [0.25, 0.3) is 6.08 Å². The van der Waals surface area contributed by atoms with Gasteiger partial charge in [-0.2, -0.15) is 0 Å². The van der Waals surface area contributed by atoms with E-state index in [1.807, 2.05) is 12.1 Å². The van der Waals surface area contributed by atoms with Crippen LogP contribution in [0, 0.1) is 0 Å². The van der Waals surface area contributed by atoms with Gasteiger partial charge in [-0.25, -0.2) is 0 Å². The van der Waals surface area contributed by atoms with E-state index >= 15 is 0 Å². The summed E-state index contributed by atoms with van der Waals surface area (Å²) in [4.78, 5) is 10.7. The molecule has 0 amide bonds. The van der Waals surface area contributed by atoms with E-state index in [2.05, 4.69) is 0 Å². The number of hydrogen-bond acceptors (Lipinski definition) is 3. The van der Waals surface area contributed by atoms with E-state index in [4.69, 9.17) is 10.5 Å². The molecule has 0 heterocycles. The highest BCUT2D eigenvalue weighted by atomic mass is 16.5. The Bertz CT molecular complexity index is 331. The number of benzene rings is 1. The van der Waals surface area contributed by atoms with Crippen LogP contribution in [0.15, 0.2) is 30.5 Å². The lowest BCUT2D eigenvalue weighted by Crippen LogP contribution is -2.02. The average molecular weight is 177 g/mol. The molecule has 0 aliphatic carbocycles. The molecule has 13 heavy (non-hydrogen) atoms. The van der Waals surface area contributed by atoms with Crippen LogP contribution in [-0.4, -0.2) is 5.97 Å². The monoisotopic (exact) mass is 177 g/mol. The van der Waals surface area contributed by atoms with E-state index in [-0.39, 0.29) is 5.97 Å². The molecule has 1 rings (SSSR count). The van der Waals surface area contributed by atoms with Crippen molar-refractivity contribution in [3.63, 3.8) is 0 Å². The number of rotatable bonds is 2. The molecule has 0 spiro atoms. The van der Waals surface area contributed by atoms with Crippen molar-refractivity contribution in [1.29, 1.82) is 0 Å². The van der Waals surface area contributed by atoms with Crippen LogP contribution in [0.3, 0.4) is 0 Å². The molecule has 2 N–H and O–H groups in total. The first kappa shape index (κ1) is 9.32. The van der Waals surface area contributed by atoms with Gasteiger partial charge in [0.05, 0.1) is 0 Å². The van der Waals surface area contributed by atoms with Gasteiger partial charge in [0.1, 0.15) is 5.75 Å². The van der Waals surface area contributed by atoms with Crippen LogP contribution in [0.5, 0.6) is 5.75 Å². The molecule has 3 nitrogen and oxygen atoms in total. The van der Waals surface area contributed by atoms with E-state index in [9.17, 15) is 4.79 Å². The maximum absolute atomic E-state index is 10.7. The molecule has 0 unspecified atom stereocenters. The molecule has 0 aliphatic rings. The molecule has 0 radical (unpaired) electrons. The van der Waals surface area contributed by atoms with Gasteiger partial charge in [-0.1, -0.05) is 18.2 Å². The van der Waals surface area contributed by atoms with Crippen LogP contribution in [0.2, 0.25) is 0 Å². The fraction of sp³-hybridized carbons (Fsp3) is 0.100. The molecular formula is C10H11NO2. The van der Waals surface area contributed by atoms with Gasteiger partial charge in [0.2, 0.25) is 0 Å². The minimum atomic E-state index is -0.335. The fourth-order valence-corrected chi connectivity index (χ4v) is 0.970. The second kappa shape index (κ2) is 4.30. The van der Waals surface area contributed by atoms with Crippen LogP contribution in [-0.2, 0) is 4.79 Å². The smallest absolute Gasteiger partial charge is 0.308 e. The Morgan fingerprint density at radius 3 is 2.77 bits per heavy atom. The summed E-state index contributed by atoms with van der Waals surface area (Å²) in [5.74, 6) is 0.189. The quantitative estimate of drug-likeness (QED) is 0.550. The van der Waals surface area contributed by atoms with Gasteiger partial charge in [0, 0.05) is 12.5 Å².